The van der Waals surface area contributed by atoms with E-state index < -0.39 is 96.5 Å². The van der Waals surface area contributed by atoms with E-state index in [0.29, 0.717) is 38.5 Å². The predicted octanol–water partition coefficient (Wildman–Crippen LogP) is 2.10. The maximum absolute atomic E-state index is 12.3. The van der Waals surface area contributed by atoms with Crippen LogP contribution < -0.4 is 0 Å². The van der Waals surface area contributed by atoms with Gasteiger partial charge in [0.05, 0.1) is 54.4 Å². The molecule has 14 nitrogen and oxygen atoms in total. The van der Waals surface area contributed by atoms with Crippen LogP contribution in [0, 0.1) is 44.8 Å². The normalized spacial score (nSPS) is 56.1. The smallest absolute Gasteiger partial charge is 0.303 e. The number of esters is 1. The average molecular weight is 825 g/mol. The molecule has 0 radical (unpaired) electrons. The first-order chi connectivity index (χ1) is 26.9. The quantitative estimate of drug-likeness (QED) is 0.130. The lowest BCUT2D eigenvalue weighted by Crippen LogP contribution is -2.65. The van der Waals surface area contributed by atoms with Crippen molar-refractivity contribution in [2.75, 3.05) is 6.61 Å². The van der Waals surface area contributed by atoms with E-state index in [2.05, 4.69) is 34.6 Å². The second-order valence-corrected chi connectivity index (χ2v) is 22.1. The zero-order valence-corrected chi connectivity index (χ0v) is 35.8. The third kappa shape index (κ3) is 6.18. The van der Waals surface area contributed by atoms with Crippen molar-refractivity contribution in [2.45, 2.75) is 217 Å². The summed E-state index contributed by atoms with van der Waals surface area (Å²) >= 11 is 0. The molecule has 8 N–H and O–H groups in total. The van der Waals surface area contributed by atoms with Crippen molar-refractivity contribution in [3.8, 4) is 0 Å². The molecule has 2 spiro atoms. The summed E-state index contributed by atoms with van der Waals surface area (Å²) in [6.45, 7) is 15.4. The molecule has 0 aromatic rings. The van der Waals surface area contributed by atoms with Gasteiger partial charge in [0, 0.05) is 12.8 Å². The van der Waals surface area contributed by atoms with Crippen LogP contribution in [-0.4, -0.2) is 144 Å². The Labute approximate surface area is 342 Å². The average Bonchev–Trinajstić information content (AvgIpc) is 3.50. The van der Waals surface area contributed by atoms with Crippen LogP contribution in [0.25, 0.3) is 0 Å². The summed E-state index contributed by atoms with van der Waals surface area (Å²) < 4.78 is 32.3. The van der Waals surface area contributed by atoms with Gasteiger partial charge in [0.15, 0.2) is 12.4 Å². The van der Waals surface area contributed by atoms with Gasteiger partial charge < -0.3 is 64.5 Å². The van der Waals surface area contributed by atoms with Crippen LogP contribution in [0.15, 0.2) is 0 Å². The van der Waals surface area contributed by atoms with E-state index in [0.717, 1.165) is 32.1 Å². The van der Waals surface area contributed by atoms with Crippen LogP contribution in [0.4, 0.5) is 0 Å². The third-order valence-corrected chi connectivity index (χ3v) is 18.4. The van der Waals surface area contributed by atoms with Crippen LogP contribution in [-0.2, 0) is 28.5 Å². The van der Waals surface area contributed by atoms with Crippen molar-refractivity contribution >= 4 is 5.97 Å². The van der Waals surface area contributed by atoms with Gasteiger partial charge in [-0.2, -0.15) is 0 Å². The minimum absolute atomic E-state index is 0.0590. The number of carbonyl (C=O) groups is 1. The number of ether oxygens (including phenoxy) is 5. The van der Waals surface area contributed by atoms with E-state index in [1.54, 1.807) is 13.8 Å². The molecule has 8 rings (SSSR count). The topological polar surface area (TPSA) is 225 Å². The maximum atomic E-state index is 12.3. The van der Waals surface area contributed by atoms with Gasteiger partial charge in [-0.1, -0.05) is 27.7 Å². The third-order valence-electron chi connectivity index (χ3n) is 18.4. The number of rotatable bonds is 8. The molecule has 0 bridgehead atoms. The Morgan fingerprint density at radius 1 is 0.759 bits per heavy atom. The molecule has 0 aromatic heterocycles. The molecule has 6 saturated carbocycles. The van der Waals surface area contributed by atoms with Crippen LogP contribution in [0.2, 0.25) is 0 Å². The molecule has 58 heavy (non-hydrogen) atoms. The number of aliphatic hydroxyl groups excluding tert-OH is 7. The summed E-state index contributed by atoms with van der Waals surface area (Å²) in [6, 6.07) is 0. The Morgan fingerprint density at radius 2 is 1.47 bits per heavy atom. The van der Waals surface area contributed by atoms with Crippen molar-refractivity contribution in [3.63, 3.8) is 0 Å². The van der Waals surface area contributed by atoms with Gasteiger partial charge >= 0.3 is 5.97 Å². The van der Waals surface area contributed by atoms with Gasteiger partial charge in [-0.05, 0) is 130 Å². The largest absolute Gasteiger partial charge is 0.457 e. The van der Waals surface area contributed by atoms with E-state index in [1.165, 1.54) is 6.92 Å². The van der Waals surface area contributed by atoms with Crippen LogP contribution >= 0.6 is 0 Å². The zero-order valence-electron chi connectivity index (χ0n) is 35.8. The van der Waals surface area contributed by atoms with Crippen molar-refractivity contribution in [3.05, 3.63) is 0 Å². The van der Waals surface area contributed by atoms with Crippen molar-refractivity contribution < 1.29 is 69.3 Å². The summed E-state index contributed by atoms with van der Waals surface area (Å²) in [5.74, 6) is -0.757. The Bertz CT molecular complexity index is 1570. The fraction of sp³-hybridized carbons (Fsp3) is 0.977. The van der Waals surface area contributed by atoms with E-state index in [1.807, 2.05) is 0 Å². The number of hydrogen-bond acceptors (Lipinski definition) is 14. The molecule has 332 valence electrons. The minimum atomic E-state index is -1.60. The molecule has 21 unspecified atom stereocenters. The van der Waals surface area contributed by atoms with Crippen molar-refractivity contribution in [1.29, 1.82) is 0 Å². The summed E-state index contributed by atoms with van der Waals surface area (Å²) in [4.78, 5) is 12.2. The van der Waals surface area contributed by atoms with E-state index in [-0.39, 0.29) is 51.6 Å². The van der Waals surface area contributed by atoms with E-state index in [4.69, 9.17) is 23.7 Å². The van der Waals surface area contributed by atoms with Crippen LogP contribution in [0.1, 0.15) is 126 Å². The molecule has 0 aromatic carbocycles. The molecule has 2 aliphatic heterocycles. The molecule has 14 heteroatoms. The fourth-order valence-corrected chi connectivity index (χ4v) is 15.6. The molecule has 8 fully saturated rings. The van der Waals surface area contributed by atoms with Gasteiger partial charge in [-0.25, -0.2) is 0 Å². The highest BCUT2D eigenvalue weighted by Crippen LogP contribution is 2.89. The van der Waals surface area contributed by atoms with Crippen molar-refractivity contribution in [1.82, 2.24) is 0 Å². The molecule has 6 aliphatic carbocycles. The summed E-state index contributed by atoms with van der Waals surface area (Å²) in [5, 5.41) is 87.6. The van der Waals surface area contributed by atoms with Crippen LogP contribution in [0.3, 0.4) is 0 Å². The van der Waals surface area contributed by atoms with Crippen molar-refractivity contribution in [2.24, 2.45) is 44.8 Å². The standard InChI is InChI=1S/C44H72O14/c1-21(46)54-34-24(10-9-22(47)30(34)49)55-28-12-14-44-20-43(44)16-15-40(6)35(42(8)13-11-29(58-42)39(4,5)53)23(48)18-41(40,7)27(43)17-25(36(44)38(28,2)3)56-37-33(52)32(51)31(50)26(19-45)57-37/h22-37,45,47-53H,9-20H2,1-8H3. The first-order valence-electron chi connectivity index (χ1n) is 22.1. The van der Waals surface area contributed by atoms with Gasteiger partial charge in [0.1, 0.15) is 30.5 Å². The SMILES string of the molecule is CC(=O)OC1C(OC2CCC34CC35CCC3(C)C(C6(C)CCC(C(C)(C)O)O6)C(O)CC3(C)C5CC(OC3OC(CO)C(O)C(O)C3O)C4C2(C)C)CCC(O)C1O. The van der Waals surface area contributed by atoms with Gasteiger partial charge in [-0.3, -0.25) is 4.79 Å². The Morgan fingerprint density at radius 3 is 2.10 bits per heavy atom. The first kappa shape index (κ1) is 43.6. The molecule has 8 aliphatic rings. The maximum Gasteiger partial charge on any atom is 0.303 e. The van der Waals surface area contributed by atoms with Gasteiger partial charge in [-0.15, -0.1) is 0 Å². The molecule has 21 atom stereocenters. The lowest BCUT2D eigenvalue weighted by Gasteiger charge is -2.65. The number of fused-ring (bicyclic) bond motifs is 2. The Kier molecular flexibility index (Phi) is 10.7. The summed E-state index contributed by atoms with van der Waals surface area (Å²) in [7, 11) is 0. The second kappa shape index (κ2) is 14.3. The lowest BCUT2D eigenvalue weighted by atomic mass is 9.41. The van der Waals surface area contributed by atoms with E-state index >= 15 is 0 Å². The molecule has 2 heterocycles. The highest BCUT2D eigenvalue weighted by Gasteiger charge is 2.85. The summed E-state index contributed by atoms with van der Waals surface area (Å²) in [5.41, 5.74) is -3.11. The predicted molar refractivity (Wildman–Crippen MR) is 207 cm³/mol. The minimum Gasteiger partial charge on any atom is -0.457 e. The Balaban J connectivity index is 1.15. The Hall–Kier alpha value is -1.01. The molecular formula is C44H72O14. The zero-order chi connectivity index (χ0) is 42.3. The van der Waals surface area contributed by atoms with E-state index in [9.17, 15) is 45.6 Å². The highest BCUT2D eigenvalue weighted by atomic mass is 16.7. The number of hydrogen-bond donors (Lipinski definition) is 8. The summed E-state index contributed by atoms with van der Waals surface area (Å²) in [6.07, 6.45) is -5.34. The lowest BCUT2D eigenvalue weighted by molar-refractivity contribution is -0.333. The first-order valence-corrected chi connectivity index (χ1v) is 22.1. The monoisotopic (exact) mass is 824 g/mol. The number of carbonyl (C=O) groups excluding carboxylic acids is 1. The fourth-order valence-electron chi connectivity index (χ4n) is 15.6. The number of aliphatic hydroxyl groups is 8. The highest BCUT2D eigenvalue weighted by molar-refractivity contribution is 5.66. The molecule has 2 saturated heterocycles. The van der Waals surface area contributed by atoms with Crippen LogP contribution in [0.5, 0.6) is 0 Å². The molecule has 0 amide bonds. The molecular weight excluding hydrogens is 752 g/mol. The van der Waals surface area contributed by atoms with Gasteiger partial charge in [0.25, 0.3) is 0 Å². The second-order valence-electron chi connectivity index (χ2n) is 22.1. The van der Waals surface area contributed by atoms with Gasteiger partial charge in [0.2, 0.25) is 0 Å².